The van der Waals surface area contributed by atoms with Gasteiger partial charge in [0.25, 0.3) is 5.91 Å². The highest BCUT2D eigenvalue weighted by Crippen LogP contribution is 2.25. The first-order valence-corrected chi connectivity index (χ1v) is 8.36. The van der Waals surface area contributed by atoms with Gasteiger partial charge in [-0.25, -0.2) is 9.37 Å². The molecule has 142 valence electrons. The molecule has 8 heteroatoms. The molecule has 0 unspecified atom stereocenters. The molecule has 0 saturated carbocycles. The van der Waals surface area contributed by atoms with Crippen LogP contribution in [0, 0.1) is 5.82 Å². The molecule has 3 aromatic rings. The Kier molecular flexibility index (Phi) is 5.59. The van der Waals surface area contributed by atoms with E-state index in [0.717, 1.165) is 0 Å². The number of halogens is 1. The minimum atomic E-state index is -1.18. The summed E-state index contributed by atoms with van der Waals surface area (Å²) in [6.45, 7) is -0.893. The number of amides is 2. The predicted octanol–water partition coefficient (Wildman–Crippen LogP) is 1.97. The van der Waals surface area contributed by atoms with Gasteiger partial charge in [-0.05, 0) is 36.4 Å². The Balaban J connectivity index is 1.88. The van der Waals surface area contributed by atoms with Gasteiger partial charge in [0.05, 0.1) is 23.3 Å². The van der Waals surface area contributed by atoms with E-state index in [2.05, 4.69) is 15.6 Å². The molecule has 2 amide bonds. The highest BCUT2D eigenvalue weighted by Gasteiger charge is 2.15. The number of carbonyl (C=O) groups is 3. The van der Waals surface area contributed by atoms with E-state index in [1.807, 2.05) is 0 Å². The highest BCUT2D eigenvalue weighted by molar-refractivity contribution is 6.08. The fourth-order valence-corrected chi connectivity index (χ4v) is 2.62. The number of fused-ring (bicyclic) bond motifs is 1. The monoisotopic (exact) mass is 381 g/mol. The summed E-state index contributed by atoms with van der Waals surface area (Å²) < 4.78 is 13.2. The first kappa shape index (κ1) is 19.0. The lowest BCUT2D eigenvalue weighted by Crippen LogP contribution is -2.39. The van der Waals surface area contributed by atoms with E-state index in [1.54, 1.807) is 42.5 Å². The zero-order chi connectivity index (χ0) is 20.1. The number of rotatable bonds is 6. The second-order valence-corrected chi connectivity index (χ2v) is 5.93. The summed E-state index contributed by atoms with van der Waals surface area (Å²) in [5, 5.41) is 13.8. The largest absolute Gasteiger partial charge is 0.480 e. The van der Waals surface area contributed by atoms with Crippen LogP contribution in [-0.2, 0) is 9.59 Å². The molecule has 0 bridgehead atoms. The Bertz CT molecular complexity index is 1050. The molecule has 0 fully saturated rings. The maximum absolute atomic E-state index is 13.2. The van der Waals surface area contributed by atoms with Crippen molar-refractivity contribution in [1.82, 2.24) is 15.6 Å². The van der Waals surface area contributed by atoms with Crippen LogP contribution in [0.1, 0.15) is 10.4 Å². The first-order valence-electron chi connectivity index (χ1n) is 8.36. The number of aromatic nitrogens is 1. The molecule has 1 aromatic heterocycles. The molecule has 1 heterocycles. The van der Waals surface area contributed by atoms with Gasteiger partial charge in [-0.3, -0.25) is 14.4 Å². The van der Waals surface area contributed by atoms with Gasteiger partial charge in [-0.2, -0.15) is 0 Å². The Morgan fingerprint density at radius 3 is 2.39 bits per heavy atom. The van der Waals surface area contributed by atoms with Crippen LogP contribution in [0.4, 0.5) is 4.39 Å². The lowest BCUT2D eigenvalue weighted by molar-refractivity contribution is -0.137. The third-order valence-electron chi connectivity index (χ3n) is 3.95. The summed E-state index contributed by atoms with van der Waals surface area (Å²) in [5.74, 6) is -2.68. The zero-order valence-electron chi connectivity index (χ0n) is 14.6. The van der Waals surface area contributed by atoms with Gasteiger partial charge < -0.3 is 15.7 Å². The van der Waals surface area contributed by atoms with Crippen molar-refractivity contribution in [3.8, 4) is 11.3 Å². The van der Waals surface area contributed by atoms with Crippen molar-refractivity contribution in [2.45, 2.75) is 0 Å². The van der Waals surface area contributed by atoms with Gasteiger partial charge in [0, 0.05) is 10.9 Å². The SMILES string of the molecule is O=C(O)CNC(=O)CNC(=O)c1cc(-c2ccc(F)cc2)nc2ccccc12. The summed E-state index contributed by atoms with van der Waals surface area (Å²) in [7, 11) is 0. The number of para-hydroxylation sites is 1. The maximum atomic E-state index is 13.2. The lowest BCUT2D eigenvalue weighted by atomic mass is 10.0. The lowest BCUT2D eigenvalue weighted by Gasteiger charge is -2.10. The van der Waals surface area contributed by atoms with Crippen molar-refractivity contribution in [2.24, 2.45) is 0 Å². The van der Waals surface area contributed by atoms with Crippen molar-refractivity contribution < 1.29 is 23.9 Å². The van der Waals surface area contributed by atoms with E-state index in [0.29, 0.717) is 27.7 Å². The van der Waals surface area contributed by atoms with Crippen molar-refractivity contribution in [1.29, 1.82) is 0 Å². The van der Waals surface area contributed by atoms with Gasteiger partial charge in [0.1, 0.15) is 12.4 Å². The molecule has 3 rings (SSSR count). The van der Waals surface area contributed by atoms with E-state index < -0.39 is 24.3 Å². The maximum Gasteiger partial charge on any atom is 0.322 e. The van der Waals surface area contributed by atoms with Crippen molar-refractivity contribution in [2.75, 3.05) is 13.1 Å². The molecule has 2 aromatic carbocycles. The van der Waals surface area contributed by atoms with Crippen LogP contribution in [0.3, 0.4) is 0 Å². The fourth-order valence-electron chi connectivity index (χ4n) is 2.62. The standard InChI is InChI=1S/C20H16FN3O4/c21-13-7-5-12(6-8-13)17-9-15(14-3-1-2-4-16(14)24-17)20(28)23-10-18(25)22-11-19(26)27/h1-9H,10-11H2,(H,22,25)(H,23,28)(H,26,27). The number of carboxylic acids is 1. The Morgan fingerprint density at radius 2 is 1.68 bits per heavy atom. The molecule has 0 aliphatic carbocycles. The summed E-state index contributed by atoms with van der Waals surface area (Å²) >= 11 is 0. The normalized spacial score (nSPS) is 10.5. The molecule has 0 atom stereocenters. The summed E-state index contributed by atoms with van der Waals surface area (Å²) in [6.07, 6.45) is 0. The molecule has 0 saturated heterocycles. The molecule has 0 aliphatic rings. The molecule has 0 spiro atoms. The average Bonchev–Trinajstić information content (AvgIpc) is 2.70. The van der Waals surface area contributed by atoms with Crippen LogP contribution in [0.15, 0.2) is 54.6 Å². The van der Waals surface area contributed by atoms with E-state index >= 15 is 0 Å². The number of pyridine rings is 1. The van der Waals surface area contributed by atoms with E-state index in [-0.39, 0.29) is 12.4 Å². The minimum absolute atomic E-state index is 0.302. The van der Waals surface area contributed by atoms with E-state index in [9.17, 15) is 18.8 Å². The first-order chi connectivity index (χ1) is 13.4. The summed E-state index contributed by atoms with van der Waals surface area (Å²) in [6, 6.07) is 14.3. The quantitative estimate of drug-likeness (QED) is 0.605. The van der Waals surface area contributed by atoms with Crippen LogP contribution >= 0.6 is 0 Å². The Labute approximate surface area is 159 Å². The van der Waals surface area contributed by atoms with Crippen LogP contribution in [0.5, 0.6) is 0 Å². The van der Waals surface area contributed by atoms with Gasteiger partial charge in [0.2, 0.25) is 5.91 Å². The minimum Gasteiger partial charge on any atom is -0.480 e. The van der Waals surface area contributed by atoms with Gasteiger partial charge >= 0.3 is 5.97 Å². The van der Waals surface area contributed by atoms with Crippen LogP contribution < -0.4 is 10.6 Å². The van der Waals surface area contributed by atoms with Crippen LogP contribution in [0.25, 0.3) is 22.2 Å². The topological polar surface area (TPSA) is 108 Å². The fraction of sp³-hybridized carbons (Fsp3) is 0.100. The molecule has 3 N–H and O–H groups in total. The third-order valence-corrected chi connectivity index (χ3v) is 3.95. The molecule has 28 heavy (non-hydrogen) atoms. The number of hydrogen-bond acceptors (Lipinski definition) is 4. The molecule has 0 radical (unpaired) electrons. The number of aliphatic carboxylic acids is 1. The number of nitrogens with one attached hydrogen (secondary N) is 2. The van der Waals surface area contributed by atoms with Crippen LogP contribution in [-0.4, -0.2) is 41.0 Å². The zero-order valence-corrected chi connectivity index (χ0v) is 14.6. The summed E-state index contributed by atoms with van der Waals surface area (Å²) in [4.78, 5) is 39.3. The predicted molar refractivity (Wildman–Crippen MR) is 100 cm³/mol. The van der Waals surface area contributed by atoms with E-state index in [4.69, 9.17) is 5.11 Å². The Hall–Kier alpha value is -3.81. The summed E-state index contributed by atoms with van der Waals surface area (Å²) in [5.41, 5.74) is 2.00. The molecular weight excluding hydrogens is 365 g/mol. The van der Waals surface area contributed by atoms with Gasteiger partial charge in [0.15, 0.2) is 0 Å². The van der Waals surface area contributed by atoms with Crippen molar-refractivity contribution >= 4 is 28.7 Å². The number of benzene rings is 2. The highest BCUT2D eigenvalue weighted by atomic mass is 19.1. The van der Waals surface area contributed by atoms with Crippen molar-refractivity contribution in [3.63, 3.8) is 0 Å². The number of hydrogen-bond donors (Lipinski definition) is 3. The number of nitrogens with zero attached hydrogens (tertiary/aromatic N) is 1. The second kappa shape index (κ2) is 8.26. The van der Waals surface area contributed by atoms with Crippen molar-refractivity contribution in [3.05, 3.63) is 66.0 Å². The average molecular weight is 381 g/mol. The smallest absolute Gasteiger partial charge is 0.322 e. The number of carboxylic acid groups (broad SMARTS) is 1. The van der Waals surface area contributed by atoms with E-state index in [1.165, 1.54) is 12.1 Å². The molecule has 0 aliphatic heterocycles. The Morgan fingerprint density at radius 1 is 0.964 bits per heavy atom. The van der Waals surface area contributed by atoms with Crippen LogP contribution in [0.2, 0.25) is 0 Å². The van der Waals surface area contributed by atoms with Gasteiger partial charge in [-0.1, -0.05) is 18.2 Å². The van der Waals surface area contributed by atoms with Gasteiger partial charge in [-0.15, -0.1) is 0 Å². The third kappa shape index (κ3) is 4.47. The number of carbonyl (C=O) groups excluding carboxylic acids is 2. The molecule has 7 nitrogen and oxygen atoms in total. The molecular formula is C20H16FN3O4. The second-order valence-electron chi connectivity index (χ2n) is 5.93.